The Morgan fingerprint density at radius 2 is 2.19 bits per heavy atom. The summed E-state index contributed by atoms with van der Waals surface area (Å²) in [7, 11) is 0. The molecule has 1 saturated carbocycles. The van der Waals surface area contributed by atoms with Crippen molar-refractivity contribution in [1.82, 2.24) is 5.32 Å². The van der Waals surface area contributed by atoms with Crippen LogP contribution in [0.2, 0.25) is 0 Å². The van der Waals surface area contributed by atoms with Gasteiger partial charge in [0.15, 0.2) is 0 Å². The first-order chi connectivity index (χ1) is 7.57. The van der Waals surface area contributed by atoms with E-state index in [1.54, 1.807) is 0 Å². The zero-order valence-electron chi connectivity index (χ0n) is 10.2. The Morgan fingerprint density at radius 3 is 2.75 bits per heavy atom. The number of rotatable bonds is 2. The Labute approximate surface area is 97.0 Å². The van der Waals surface area contributed by atoms with E-state index < -0.39 is 0 Å². The number of carbonyl (C=O) groups excluding carboxylic acids is 2. The minimum Gasteiger partial charge on any atom is -0.296 e. The summed E-state index contributed by atoms with van der Waals surface area (Å²) in [6.45, 7) is 4.34. The maximum atomic E-state index is 11.9. The molecule has 90 valence electrons. The fourth-order valence-electron chi connectivity index (χ4n) is 3.62. The van der Waals surface area contributed by atoms with Crippen molar-refractivity contribution in [3.05, 3.63) is 0 Å². The van der Waals surface area contributed by atoms with Gasteiger partial charge in [-0.05, 0) is 30.6 Å². The highest BCUT2D eigenvalue weighted by molar-refractivity contribution is 5.99. The molecular formula is C13H21NO2. The van der Waals surface area contributed by atoms with Crippen LogP contribution in [-0.4, -0.2) is 11.8 Å². The zero-order valence-corrected chi connectivity index (χ0v) is 10.2. The number of piperidine rings is 1. The van der Waals surface area contributed by atoms with E-state index in [9.17, 15) is 9.59 Å². The fraction of sp³-hybridized carbons (Fsp3) is 0.846. The molecule has 0 aromatic carbocycles. The van der Waals surface area contributed by atoms with Crippen LogP contribution in [0.3, 0.4) is 0 Å². The van der Waals surface area contributed by atoms with E-state index in [4.69, 9.17) is 0 Å². The molecule has 0 bridgehead atoms. The molecule has 3 atom stereocenters. The van der Waals surface area contributed by atoms with Gasteiger partial charge in [-0.1, -0.05) is 26.7 Å². The van der Waals surface area contributed by atoms with Crippen LogP contribution in [0.5, 0.6) is 0 Å². The molecular weight excluding hydrogens is 202 g/mol. The van der Waals surface area contributed by atoms with Crippen LogP contribution in [0, 0.1) is 17.3 Å². The van der Waals surface area contributed by atoms with Crippen molar-refractivity contribution in [1.29, 1.82) is 0 Å². The second-order valence-corrected chi connectivity index (χ2v) is 5.64. The summed E-state index contributed by atoms with van der Waals surface area (Å²) in [5.74, 6) is 0.650. The van der Waals surface area contributed by atoms with Gasteiger partial charge in [0.25, 0.3) is 0 Å². The lowest BCUT2D eigenvalue weighted by molar-refractivity contribution is -0.144. The summed E-state index contributed by atoms with van der Waals surface area (Å²) < 4.78 is 0. The lowest BCUT2D eigenvalue weighted by Crippen LogP contribution is -2.51. The number of imide groups is 1. The van der Waals surface area contributed by atoms with Gasteiger partial charge in [0.05, 0.1) is 0 Å². The van der Waals surface area contributed by atoms with Gasteiger partial charge in [-0.3, -0.25) is 14.9 Å². The van der Waals surface area contributed by atoms with E-state index in [-0.39, 0.29) is 23.1 Å². The van der Waals surface area contributed by atoms with Gasteiger partial charge in [0.1, 0.15) is 0 Å². The molecule has 1 heterocycles. The highest BCUT2D eigenvalue weighted by atomic mass is 16.2. The van der Waals surface area contributed by atoms with Crippen molar-refractivity contribution in [2.24, 2.45) is 17.3 Å². The molecule has 1 saturated heterocycles. The van der Waals surface area contributed by atoms with Crippen molar-refractivity contribution in [2.75, 3.05) is 0 Å². The van der Waals surface area contributed by atoms with E-state index in [0.29, 0.717) is 12.3 Å². The third kappa shape index (κ3) is 1.87. The van der Waals surface area contributed by atoms with Crippen LogP contribution >= 0.6 is 0 Å². The average molecular weight is 223 g/mol. The van der Waals surface area contributed by atoms with Crippen molar-refractivity contribution in [2.45, 2.75) is 52.4 Å². The summed E-state index contributed by atoms with van der Waals surface area (Å²) >= 11 is 0. The van der Waals surface area contributed by atoms with E-state index in [1.165, 1.54) is 6.42 Å². The van der Waals surface area contributed by atoms with Crippen molar-refractivity contribution < 1.29 is 9.59 Å². The van der Waals surface area contributed by atoms with Gasteiger partial charge in [-0.15, -0.1) is 0 Å². The van der Waals surface area contributed by atoms with Gasteiger partial charge < -0.3 is 0 Å². The van der Waals surface area contributed by atoms with Gasteiger partial charge in [0, 0.05) is 12.3 Å². The molecule has 2 amide bonds. The fourth-order valence-corrected chi connectivity index (χ4v) is 3.62. The number of nitrogens with one attached hydrogen (secondary N) is 1. The first-order valence-electron chi connectivity index (χ1n) is 6.41. The number of hydrogen-bond acceptors (Lipinski definition) is 2. The lowest BCUT2D eigenvalue weighted by atomic mass is 9.67. The Morgan fingerprint density at radius 1 is 1.44 bits per heavy atom. The van der Waals surface area contributed by atoms with Gasteiger partial charge in [0.2, 0.25) is 11.8 Å². The molecule has 1 N–H and O–H groups in total. The minimum absolute atomic E-state index is 0.00512. The molecule has 0 aromatic rings. The summed E-state index contributed by atoms with van der Waals surface area (Å²) in [6.07, 6.45) is 5.78. The van der Waals surface area contributed by atoms with Crippen molar-refractivity contribution in [3.63, 3.8) is 0 Å². The maximum Gasteiger partial charge on any atom is 0.230 e. The average Bonchev–Trinajstić information content (AvgIpc) is 2.54. The van der Waals surface area contributed by atoms with E-state index in [2.05, 4.69) is 19.2 Å². The number of carbonyl (C=O) groups is 2. The molecule has 0 radical (unpaired) electrons. The zero-order chi connectivity index (χ0) is 11.8. The standard InChI is InChI=1S/C13H21NO2/c1-3-4-10-12(16)14-11(15)8-13(10)6-5-9(2)7-13/h9-10H,3-8H2,1-2H3,(H,14,15,16). The van der Waals surface area contributed by atoms with Crippen LogP contribution in [0.15, 0.2) is 0 Å². The van der Waals surface area contributed by atoms with Crippen LogP contribution < -0.4 is 5.32 Å². The SMILES string of the molecule is CCCC1C(=O)NC(=O)CC12CCC(C)C2. The van der Waals surface area contributed by atoms with Gasteiger partial charge in [-0.25, -0.2) is 0 Å². The monoisotopic (exact) mass is 223 g/mol. The smallest absolute Gasteiger partial charge is 0.230 e. The molecule has 3 nitrogen and oxygen atoms in total. The van der Waals surface area contributed by atoms with Crippen LogP contribution in [0.4, 0.5) is 0 Å². The summed E-state index contributed by atoms with van der Waals surface area (Å²) in [4.78, 5) is 23.5. The first-order valence-corrected chi connectivity index (χ1v) is 6.41. The largest absolute Gasteiger partial charge is 0.296 e. The van der Waals surface area contributed by atoms with Crippen LogP contribution in [0.1, 0.15) is 52.4 Å². The van der Waals surface area contributed by atoms with E-state index in [1.807, 2.05) is 0 Å². The second kappa shape index (κ2) is 4.19. The molecule has 3 heteroatoms. The Hall–Kier alpha value is -0.860. The van der Waals surface area contributed by atoms with Crippen molar-refractivity contribution >= 4 is 11.8 Å². The summed E-state index contributed by atoms with van der Waals surface area (Å²) in [5, 5.41) is 2.50. The first kappa shape index (κ1) is 11.6. The highest BCUT2D eigenvalue weighted by Crippen LogP contribution is 2.52. The minimum atomic E-state index is -0.0635. The number of hydrogen-bond donors (Lipinski definition) is 1. The Bertz CT molecular complexity index is 313. The second-order valence-electron chi connectivity index (χ2n) is 5.64. The lowest BCUT2D eigenvalue weighted by Gasteiger charge is -2.40. The molecule has 3 unspecified atom stereocenters. The summed E-state index contributed by atoms with van der Waals surface area (Å²) in [5.41, 5.74) is -0.00512. The predicted molar refractivity (Wildman–Crippen MR) is 61.6 cm³/mol. The Kier molecular flexibility index (Phi) is 3.04. The molecule has 0 aromatic heterocycles. The third-order valence-electron chi connectivity index (χ3n) is 4.30. The highest BCUT2D eigenvalue weighted by Gasteiger charge is 2.50. The molecule has 2 fully saturated rings. The maximum absolute atomic E-state index is 11.9. The molecule has 1 spiro atoms. The molecule has 2 rings (SSSR count). The summed E-state index contributed by atoms with van der Waals surface area (Å²) in [6, 6.07) is 0. The quantitative estimate of drug-likeness (QED) is 0.730. The Balaban J connectivity index is 2.23. The molecule has 16 heavy (non-hydrogen) atoms. The normalized spacial score (nSPS) is 39.1. The van der Waals surface area contributed by atoms with Crippen LogP contribution in [0.25, 0.3) is 0 Å². The van der Waals surface area contributed by atoms with Gasteiger partial charge >= 0.3 is 0 Å². The third-order valence-corrected chi connectivity index (χ3v) is 4.30. The predicted octanol–water partition coefficient (Wildman–Crippen LogP) is 2.26. The molecule has 1 aliphatic heterocycles. The topological polar surface area (TPSA) is 46.2 Å². The number of amides is 2. The molecule has 2 aliphatic rings. The van der Waals surface area contributed by atoms with Crippen molar-refractivity contribution in [3.8, 4) is 0 Å². The molecule has 1 aliphatic carbocycles. The van der Waals surface area contributed by atoms with Crippen LogP contribution in [-0.2, 0) is 9.59 Å². The van der Waals surface area contributed by atoms with E-state index in [0.717, 1.165) is 25.7 Å². The van der Waals surface area contributed by atoms with E-state index >= 15 is 0 Å². The van der Waals surface area contributed by atoms with Gasteiger partial charge in [-0.2, -0.15) is 0 Å².